The second kappa shape index (κ2) is 10.6. The summed E-state index contributed by atoms with van der Waals surface area (Å²) in [7, 11) is 0. The van der Waals surface area contributed by atoms with Crippen molar-refractivity contribution in [3.63, 3.8) is 0 Å². The van der Waals surface area contributed by atoms with Crippen molar-refractivity contribution in [2.75, 3.05) is 0 Å². The highest BCUT2D eigenvalue weighted by atomic mass is 35.5. The second-order valence-corrected chi connectivity index (χ2v) is 9.73. The second-order valence-electron chi connectivity index (χ2n) is 8.60. The highest BCUT2D eigenvalue weighted by Crippen LogP contribution is 2.35. The van der Waals surface area contributed by atoms with Gasteiger partial charge in [0.15, 0.2) is 17.4 Å². The molecule has 8 heteroatoms. The quantitative estimate of drug-likeness (QED) is 0.312. The van der Waals surface area contributed by atoms with Crippen LogP contribution in [0.2, 0.25) is 5.15 Å². The van der Waals surface area contributed by atoms with Crippen molar-refractivity contribution in [2.45, 2.75) is 59.2 Å². The van der Waals surface area contributed by atoms with Crippen LogP contribution in [-0.2, 0) is 29.0 Å². The van der Waals surface area contributed by atoms with Gasteiger partial charge in [-0.2, -0.15) is 4.37 Å². The molecule has 0 saturated carbocycles. The molecule has 0 aliphatic rings. The van der Waals surface area contributed by atoms with Gasteiger partial charge in [-0.25, -0.2) is 8.78 Å². The van der Waals surface area contributed by atoms with Gasteiger partial charge in [0, 0.05) is 12.0 Å². The Balaban J connectivity index is 1.71. The molecule has 0 amide bonds. The van der Waals surface area contributed by atoms with Crippen molar-refractivity contribution >= 4 is 29.1 Å². The zero-order valence-corrected chi connectivity index (χ0v) is 20.6. The Labute approximate surface area is 201 Å². The summed E-state index contributed by atoms with van der Waals surface area (Å²) >= 11 is 7.44. The molecule has 0 spiro atoms. The maximum atomic E-state index is 14.6. The van der Waals surface area contributed by atoms with Gasteiger partial charge >= 0.3 is 5.97 Å². The fraction of sp³-hybridized carbons (Fsp3) is 0.360. The summed E-state index contributed by atoms with van der Waals surface area (Å²) < 4.78 is 44.1. The molecular weight excluding hydrogens is 468 g/mol. The van der Waals surface area contributed by atoms with E-state index in [4.69, 9.17) is 21.1 Å². The molecule has 2 aromatic carbocycles. The SMILES string of the molecule is CCc1ccc(-c2snc(Cl)c2COc2c(F)cc(CCC(=O)OC(C)(C)C)cc2F)cc1. The lowest BCUT2D eigenvalue weighted by Crippen LogP contribution is -2.24. The van der Waals surface area contributed by atoms with E-state index in [9.17, 15) is 13.6 Å². The predicted octanol–water partition coefficient (Wildman–Crippen LogP) is 7.16. The largest absolute Gasteiger partial charge is 0.483 e. The lowest BCUT2D eigenvalue weighted by molar-refractivity contribution is -0.154. The average molecular weight is 494 g/mol. The molecule has 1 heterocycles. The molecule has 0 aliphatic heterocycles. The monoisotopic (exact) mass is 493 g/mol. The normalized spacial score (nSPS) is 11.5. The van der Waals surface area contributed by atoms with Crippen molar-refractivity contribution in [1.82, 2.24) is 4.37 Å². The number of rotatable bonds is 8. The van der Waals surface area contributed by atoms with E-state index in [0.717, 1.165) is 16.9 Å². The maximum absolute atomic E-state index is 14.6. The predicted molar refractivity (Wildman–Crippen MR) is 127 cm³/mol. The average Bonchev–Trinajstić information content (AvgIpc) is 3.11. The molecule has 0 N–H and O–H groups in total. The first kappa shape index (κ1) is 25.1. The number of carbonyl (C=O) groups excluding carboxylic acids is 1. The van der Waals surface area contributed by atoms with Crippen LogP contribution in [0, 0.1) is 11.6 Å². The van der Waals surface area contributed by atoms with E-state index in [-0.39, 0.29) is 24.6 Å². The van der Waals surface area contributed by atoms with Crippen molar-refractivity contribution in [3.05, 3.63) is 69.9 Å². The molecular formula is C25H26ClF2NO3S. The minimum Gasteiger partial charge on any atom is -0.483 e. The summed E-state index contributed by atoms with van der Waals surface area (Å²) in [5.74, 6) is -2.61. The summed E-state index contributed by atoms with van der Waals surface area (Å²) in [5, 5.41) is 0.240. The maximum Gasteiger partial charge on any atom is 0.306 e. The van der Waals surface area contributed by atoms with Crippen LogP contribution in [0.25, 0.3) is 10.4 Å². The number of aromatic nitrogens is 1. The van der Waals surface area contributed by atoms with Gasteiger partial charge in [0.2, 0.25) is 0 Å². The number of ether oxygens (including phenoxy) is 2. The van der Waals surface area contributed by atoms with Crippen molar-refractivity contribution in [3.8, 4) is 16.2 Å². The molecule has 0 unspecified atom stereocenters. The van der Waals surface area contributed by atoms with E-state index < -0.39 is 29.0 Å². The number of benzene rings is 2. The molecule has 1 aromatic heterocycles. The summed E-state index contributed by atoms with van der Waals surface area (Å²) in [6.07, 6.45) is 1.10. The lowest BCUT2D eigenvalue weighted by Gasteiger charge is -2.19. The number of halogens is 3. The van der Waals surface area contributed by atoms with E-state index >= 15 is 0 Å². The zero-order valence-electron chi connectivity index (χ0n) is 19.0. The van der Waals surface area contributed by atoms with Crippen molar-refractivity contribution in [1.29, 1.82) is 0 Å². The fourth-order valence-corrected chi connectivity index (χ4v) is 4.31. The van der Waals surface area contributed by atoms with Gasteiger partial charge in [0.05, 0.1) is 4.88 Å². The molecule has 176 valence electrons. The summed E-state index contributed by atoms with van der Waals surface area (Å²) in [5.41, 5.74) is 2.41. The Hall–Kier alpha value is -2.51. The van der Waals surface area contributed by atoms with Gasteiger partial charge in [-0.15, -0.1) is 0 Å². The van der Waals surface area contributed by atoms with Gasteiger partial charge in [0.1, 0.15) is 17.4 Å². The van der Waals surface area contributed by atoms with E-state index in [1.165, 1.54) is 29.2 Å². The number of aryl methyl sites for hydroxylation is 2. The van der Waals surface area contributed by atoms with E-state index in [1.807, 2.05) is 24.3 Å². The molecule has 0 bridgehead atoms. The van der Waals surface area contributed by atoms with Crippen molar-refractivity contribution in [2.24, 2.45) is 0 Å². The Bertz CT molecular complexity index is 1100. The van der Waals surface area contributed by atoms with E-state index in [0.29, 0.717) is 11.1 Å². The Morgan fingerprint density at radius 3 is 2.30 bits per heavy atom. The molecule has 0 radical (unpaired) electrons. The van der Waals surface area contributed by atoms with Crippen LogP contribution in [0.15, 0.2) is 36.4 Å². The van der Waals surface area contributed by atoms with Gasteiger partial charge < -0.3 is 9.47 Å². The number of nitrogens with zero attached hydrogens (tertiary/aromatic N) is 1. The zero-order chi connectivity index (χ0) is 24.2. The number of esters is 1. The topological polar surface area (TPSA) is 48.4 Å². The standard InChI is InChI=1S/C25H26ClF2NO3S/c1-5-15-6-9-17(10-7-15)23-18(24(26)29-33-23)14-31-22-19(27)12-16(13-20(22)28)8-11-21(30)32-25(2,3)4/h6-7,9-10,12-13H,5,8,11,14H2,1-4H3. The highest BCUT2D eigenvalue weighted by Gasteiger charge is 2.20. The highest BCUT2D eigenvalue weighted by molar-refractivity contribution is 7.10. The van der Waals surface area contributed by atoms with Crippen LogP contribution in [0.1, 0.15) is 50.8 Å². The van der Waals surface area contributed by atoms with E-state index in [1.54, 1.807) is 20.8 Å². The van der Waals surface area contributed by atoms with Gasteiger partial charge in [-0.05, 0) is 74.0 Å². The molecule has 3 aromatic rings. The first-order chi connectivity index (χ1) is 15.6. The summed E-state index contributed by atoms with van der Waals surface area (Å²) in [6.45, 7) is 7.22. The summed E-state index contributed by atoms with van der Waals surface area (Å²) in [4.78, 5) is 12.7. The third kappa shape index (κ3) is 6.74. The number of hydrogen-bond donors (Lipinski definition) is 0. The van der Waals surface area contributed by atoms with Crippen LogP contribution in [-0.4, -0.2) is 15.9 Å². The molecule has 4 nitrogen and oxygen atoms in total. The first-order valence-corrected chi connectivity index (χ1v) is 11.8. The van der Waals surface area contributed by atoms with Crippen LogP contribution in [0.5, 0.6) is 5.75 Å². The smallest absolute Gasteiger partial charge is 0.306 e. The van der Waals surface area contributed by atoms with Gasteiger partial charge in [-0.1, -0.05) is 42.8 Å². The van der Waals surface area contributed by atoms with Crippen LogP contribution >= 0.6 is 23.1 Å². The van der Waals surface area contributed by atoms with Crippen LogP contribution in [0.4, 0.5) is 8.78 Å². The third-order valence-electron chi connectivity index (χ3n) is 4.82. The fourth-order valence-electron chi connectivity index (χ4n) is 3.21. The minimum atomic E-state index is -0.845. The summed E-state index contributed by atoms with van der Waals surface area (Å²) in [6, 6.07) is 10.3. The molecule has 0 atom stereocenters. The van der Waals surface area contributed by atoms with Gasteiger partial charge in [0.25, 0.3) is 0 Å². The third-order valence-corrected chi connectivity index (χ3v) is 6.17. The first-order valence-electron chi connectivity index (χ1n) is 10.6. The number of carbonyl (C=O) groups is 1. The van der Waals surface area contributed by atoms with Crippen LogP contribution < -0.4 is 4.74 Å². The molecule has 33 heavy (non-hydrogen) atoms. The van der Waals surface area contributed by atoms with Gasteiger partial charge in [-0.3, -0.25) is 4.79 Å². The molecule has 0 fully saturated rings. The molecule has 3 rings (SSSR count). The molecule has 0 saturated heterocycles. The Morgan fingerprint density at radius 1 is 1.09 bits per heavy atom. The van der Waals surface area contributed by atoms with E-state index in [2.05, 4.69) is 11.3 Å². The minimum absolute atomic E-state index is 0.0206. The Morgan fingerprint density at radius 2 is 1.73 bits per heavy atom. The Kier molecular flexibility index (Phi) is 8.08. The van der Waals surface area contributed by atoms with Crippen molar-refractivity contribution < 1.29 is 23.0 Å². The van der Waals surface area contributed by atoms with Crippen LogP contribution in [0.3, 0.4) is 0 Å². The lowest BCUT2D eigenvalue weighted by atomic mass is 10.1. The number of hydrogen-bond acceptors (Lipinski definition) is 5. The molecule has 0 aliphatic carbocycles.